The quantitative estimate of drug-likeness (QED) is 0.844. The molecule has 0 saturated heterocycles. The predicted octanol–water partition coefficient (Wildman–Crippen LogP) is 4.96. The lowest BCUT2D eigenvalue weighted by atomic mass is 10.2. The highest BCUT2D eigenvalue weighted by atomic mass is 79.9. The Morgan fingerprint density at radius 3 is 2.33 bits per heavy atom. The van der Waals surface area contributed by atoms with Gasteiger partial charge in [-0.05, 0) is 52.3 Å². The number of hydrogen-bond donors (Lipinski definition) is 1. The summed E-state index contributed by atoms with van der Waals surface area (Å²) in [6, 6.07) is 12.5. The molecule has 0 aliphatic rings. The van der Waals surface area contributed by atoms with Gasteiger partial charge in [-0.3, -0.25) is 0 Å². The number of benzene rings is 2. The summed E-state index contributed by atoms with van der Waals surface area (Å²) in [5.74, 6) is -0.303. The standard InChI is InChI=1S/C14H8BrF3N2O/c15-12-2-1-3-13(11(12)8-19)20-9-4-6-10(7-5-9)21-14(16,17)18/h1-7,20H. The molecule has 0 spiro atoms. The lowest BCUT2D eigenvalue weighted by Crippen LogP contribution is -2.16. The van der Waals surface area contributed by atoms with Crippen LogP contribution in [0, 0.1) is 11.3 Å². The molecule has 2 aromatic carbocycles. The topological polar surface area (TPSA) is 45.0 Å². The third-order valence-corrected chi connectivity index (χ3v) is 3.15. The van der Waals surface area contributed by atoms with Gasteiger partial charge in [-0.2, -0.15) is 5.26 Å². The van der Waals surface area contributed by atoms with E-state index in [-0.39, 0.29) is 5.75 Å². The molecule has 1 N–H and O–H groups in total. The SMILES string of the molecule is N#Cc1c(Br)cccc1Nc1ccc(OC(F)(F)F)cc1. The molecular formula is C14H8BrF3N2O. The maximum Gasteiger partial charge on any atom is 0.573 e. The van der Waals surface area contributed by atoms with Crippen LogP contribution in [-0.4, -0.2) is 6.36 Å². The molecule has 21 heavy (non-hydrogen) atoms. The second-order valence-electron chi connectivity index (χ2n) is 3.97. The predicted molar refractivity (Wildman–Crippen MR) is 75.3 cm³/mol. The van der Waals surface area contributed by atoms with Crippen molar-refractivity contribution in [2.75, 3.05) is 5.32 Å². The zero-order valence-corrected chi connectivity index (χ0v) is 12.0. The normalized spacial score (nSPS) is 10.8. The van der Waals surface area contributed by atoms with Crippen LogP contribution >= 0.6 is 15.9 Å². The highest BCUT2D eigenvalue weighted by Crippen LogP contribution is 2.28. The van der Waals surface area contributed by atoms with Crippen molar-refractivity contribution in [3.63, 3.8) is 0 Å². The van der Waals surface area contributed by atoms with Crippen molar-refractivity contribution < 1.29 is 17.9 Å². The van der Waals surface area contributed by atoms with Crippen LogP contribution in [0.1, 0.15) is 5.56 Å². The Hall–Kier alpha value is -2.20. The van der Waals surface area contributed by atoms with E-state index in [1.165, 1.54) is 24.3 Å². The smallest absolute Gasteiger partial charge is 0.406 e. The monoisotopic (exact) mass is 356 g/mol. The Kier molecular flexibility index (Phi) is 4.38. The number of ether oxygens (including phenoxy) is 1. The van der Waals surface area contributed by atoms with E-state index in [0.717, 1.165) is 0 Å². The molecule has 2 rings (SSSR count). The van der Waals surface area contributed by atoms with Crippen molar-refractivity contribution in [3.05, 3.63) is 52.5 Å². The van der Waals surface area contributed by atoms with Crippen molar-refractivity contribution >= 4 is 27.3 Å². The van der Waals surface area contributed by atoms with Gasteiger partial charge < -0.3 is 10.1 Å². The molecule has 0 saturated carbocycles. The first-order valence-electron chi connectivity index (χ1n) is 5.70. The Labute approximate surface area is 127 Å². The maximum atomic E-state index is 12.1. The molecule has 2 aromatic rings. The van der Waals surface area contributed by atoms with Gasteiger partial charge in [0, 0.05) is 10.2 Å². The van der Waals surface area contributed by atoms with Crippen LogP contribution in [0.25, 0.3) is 0 Å². The molecule has 0 atom stereocenters. The highest BCUT2D eigenvalue weighted by molar-refractivity contribution is 9.10. The van der Waals surface area contributed by atoms with E-state index in [2.05, 4.69) is 26.0 Å². The van der Waals surface area contributed by atoms with Gasteiger partial charge in [0.2, 0.25) is 0 Å². The van der Waals surface area contributed by atoms with E-state index in [1.807, 2.05) is 6.07 Å². The number of anilines is 2. The lowest BCUT2D eigenvalue weighted by Gasteiger charge is -2.11. The van der Waals surface area contributed by atoms with Crippen LogP contribution in [0.5, 0.6) is 5.75 Å². The molecular weight excluding hydrogens is 349 g/mol. The summed E-state index contributed by atoms with van der Waals surface area (Å²) in [4.78, 5) is 0. The molecule has 3 nitrogen and oxygen atoms in total. The third-order valence-electron chi connectivity index (χ3n) is 2.49. The van der Waals surface area contributed by atoms with Gasteiger partial charge in [0.05, 0.1) is 11.3 Å². The second kappa shape index (κ2) is 6.06. The van der Waals surface area contributed by atoms with E-state index in [4.69, 9.17) is 5.26 Å². The summed E-state index contributed by atoms with van der Waals surface area (Å²) in [7, 11) is 0. The van der Waals surface area contributed by atoms with Crippen molar-refractivity contribution in [1.82, 2.24) is 0 Å². The van der Waals surface area contributed by atoms with Crippen LogP contribution in [-0.2, 0) is 0 Å². The molecule has 0 heterocycles. The van der Waals surface area contributed by atoms with Crippen molar-refractivity contribution in [2.24, 2.45) is 0 Å². The largest absolute Gasteiger partial charge is 0.573 e. The molecule has 0 aliphatic heterocycles. The summed E-state index contributed by atoms with van der Waals surface area (Å²) < 4.78 is 40.6. The molecule has 0 fully saturated rings. The first kappa shape index (κ1) is 15.2. The summed E-state index contributed by atoms with van der Waals surface area (Å²) in [5, 5.41) is 12.0. The van der Waals surface area contributed by atoms with Gasteiger partial charge in [0.1, 0.15) is 11.8 Å². The summed E-state index contributed by atoms with van der Waals surface area (Å²) in [6.45, 7) is 0. The van der Waals surface area contributed by atoms with E-state index >= 15 is 0 Å². The number of alkyl halides is 3. The van der Waals surface area contributed by atoms with Crippen molar-refractivity contribution in [3.8, 4) is 11.8 Å². The van der Waals surface area contributed by atoms with Crippen LogP contribution in [0.2, 0.25) is 0 Å². The van der Waals surface area contributed by atoms with E-state index < -0.39 is 6.36 Å². The fourth-order valence-electron chi connectivity index (χ4n) is 1.64. The number of nitriles is 1. The first-order valence-corrected chi connectivity index (χ1v) is 6.50. The van der Waals surface area contributed by atoms with E-state index in [9.17, 15) is 13.2 Å². The van der Waals surface area contributed by atoms with Gasteiger partial charge in [0.25, 0.3) is 0 Å². The molecule has 0 aliphatic carbocycles. The summed E-state index contributed by atoms with van der Waals surface area (Å²) >= 11 is 3.26. The maximum absolute atomic E-state index is 12.1. The molecule has 7 heteroatoms. The van der Waals surface area contributed by atoms with Gasteiger partial charge >= 0.3 is 6.36 Å². The summed E-state index contributed by atoms with van der Waals surface area (Å²) in [5.41, 5.74) is 1.50. The van der Waals surface area contributed by atoms with E-state index in [0.29, 0.717) is 21.4 Å². The minimum Gasteiger partial charge on any atom is -0.406 e. The zero-order valence-electron chi connectivity index (χ0n) is 10.4. The Balaban J connectivity index is 2.18. The number of rotatable bonds is 3. The Morgan fingerprint density at radius 2 is 1.76 bits per heavy atom. The van der Waals surface area contributed by atoms with Gasteiger partial charge in [-0.25, -0.2) is 0 Å². The number of halogens is 4. The first-order chi connectivity index (χ1) is 9.89. The van der Waals surface area contributed by atoms with Crippen LogP contribution in [0.15, 0.2) is 46.9 Å². The second-order valence-corrected chi connectivity index (χ2v) is 4.83. The van der Waals surface area contributed by atoms with Crippen molar-refractivity contribution in [2.45, 2.75) is 6.36 Å². The minimum absolute atomic E-state index is 0.303. The lowest BCUT2D eigenvalue weighted by molar-refractivity contribution is -0.274. The summed E-state index contributed by atoms with van der Waals surface area (Å²) in [6.07, 6.45) is -4.72. The van der Waals surface area contributed by atoms with Crippen LogP contribution in [0.4, 0.5) is 24.5 Å². The molecule has 0 radical (unpaired) electrons. The number of nitrogens with one attached hydrogen (secondary N) is 1. The van der Waals surface area contributed by atoms with Crippen LogP contribution in [0.3, 0.4) is 0 Å². The molecule has 0 bridgehead atoms. The Morgan fingerprint density at radius 1 is 1.10 bits per heavy atom. The van der Waals surface area contributed by atoms with Gasteiger partial charge in [0.15, 0.2) is 0 Å². The average molecular weight is 357 g/mol. The fourth-order valence-corrected chi connectivity index (χ4v) is 2.09. The van der Waals surface area contributed by atoms with Gasteiger partial charge in [-0.15, -0.1) is 13.2 Å². The number of hydrogen-bond acceptors (Lipinski definition) is 3. The molecule has 0 amide bonds. The third kappa shape index (κ3) is 4.13. The molecule has 0 aromatic heterocycles. The van der Waals surface area contributed by atoms with Crippen LogP contribution < -0.4 is 10.1 Å². The van der Waals surface area contributed by atoms with Crippen molar-refractivity contribution in [1.29, 1.82) is 5.26 Å². The molecule has 0 unspecified atom stereocenters. The average Bonchev–Trinajstić information content (AvgIpc) is 2.40. The molecule has 108 valence electrons. The number of nitrogens with zero attached hydrogens (tertiary/aromatic N) is 1. The minimum atomic E-state index is -4.72. The van der Waals surface area contributed by atoms with E-state index in [1.54, 1.807) is 18.2 Å². The Bertz CT molecular complexity index is 678. The van der Waals surface area contributed by atoms with Gasteiger partial charge in [-0.1, -0.05) is 6.07 Å². The fraction of sp³-hybridized carbons (Fsp3) is 0.0714. The highest BCUT2D eigenvalue weighted by Gasteiger charge is 2.30. The zero-order chi connectivity index (χ0) is 15.5.